The molecule has 5 heteroatoms. The zero-order valence-corrected chi connectivity index (χ0v) is 14.9. The fraction of sp³-hybridized carbons (Fsp3) is 0.278. The predicted molar refractivity (Wildman–Crippen MR) is 98.6 cm³/mol. The predicted octanol–water partition coefficient (Wildman–Crippen LogP) is 5.31. The number of hydrogen-bond acceptors (Lipinski definition) is 2. The van der Waals surface area contributed by atoms with Gasteiger partial charge in [-0.15, -0.1) is 0 Å². The molecule has 2 nitrogen and oxygen atoms in total. The van der Waals surface area contributed by atoms with Crippen LogP contribution in [0.15, 0.2) is 48.5 Å². The molecule has 1 unspecified atom stereocenters. The lowest BCUT2D eigenvalue weighted by molar-refractivity contribution is 0.0766. The van der Waals surface area contributed by atoms with E-state index >= 15 is 0 Å². The van der Waals surface area contributed by atoms with E-state index in [1.165, 1.54) is 0 Å². The van der Waals surface area contributed by atoms with Crippen molar-refractivity contribution in [3.8, 4) is 0 Å². The normalized spacial score (nSPS) is 18.5. The van der Waals surface area contributed by atoms with Crippen molar-refractivity contribution in [3.63, 3.8) is 0 Å². The third-order valence-corrected chi connectivity index (χ3v) is 5.84. The Balaban J connectivity index is 1.71. The van der Waals surface area contributed by atoms with Crippen molar-refractivity contribution < 1.29 is 4.79 Å². The molecule has 0 aliphatic carbocycles. The van der Waals surface area contributed by atoms with Gasteiger partial charge in [0, 0.05) is 39.7 Å². The Hall–Kier alpha value is -1.16. The van der Waals surface area contributed by atoms with Gasteiger partial charge in [0.15, 0.2) is 0 Å². The fourth-order valence-corrected chi connectivity index (χ4v) is 4.55. The third-order valence-electron chi connectivity index (χ3n) is 3.95. The molecule has 1 atom stereocenters. The number of carbonyl (C=O) groups is 1. The molecule has 1 aliphatic rings. The van der Waals surface area contributed by atoms with Crippen LogP contribution in [0.2, 0.25) is 10.0 Å². The second-order valence-corrected chi connectivity index (χ2v) is 7.63. The largest absolute Gasteiger partial charge is 0.338 e. The van der Waals surface area contributed by atoms with Crippen LogP contribution < -0.4 is 0 Å². The van der Waals surface area contributed by atoms with E-state index in [4.69, 9.17) is 23.2 Å². The molecule has 120 valence electrons. The Morgan fingerprint density at radius 2 is 1.91 bits per heavy atom. The molecule has 0 bridgehead atoms. The maximum absolute atomic E-state index is 12.6. The molecule has 3 rings (SSSR count). The molecule has 0 aromatic heterocycles. The topological polar surface area (TPSA) is 20.3 Å². The second kappa shape index (κ2) is 7.61. The van der Waals surface area contributed by atoms with Crippen molar-refractivity contribution in [3.05, 3.63) is 69.7 Å². The molecule has 1 heterocycles. The van der Waals surface area contributed by atoms with E-state index in [2.05, 4.69) is 6.07 Å². The van der Waals surface area contributed by atoms with Gasteiger partial charge in [-0.1, -0.05) is 47.5 Å². The SMILES string of the molecule is O=C(c1cccc(Cl)c1)N1CCSC(c2ccccc2Cl)CC1. The highest BCUT2D eigenvalue weighted by Gasteiger charge is 2.24. The second-order valence-electron chi connectivity index (χ2n) is 5.47. The van der Waals surface area contributed by atoms with E-state index in [1.807, 2.05) is 47.0 Å². The van der Waals surface area contributed by atoms with Gasteiger partial charge in [-0.3, -0.25) is 4.79 Å². The van der Waals surface area contributed by atoms with Crippen LogP contribution in [0.4, 0.5) is 0 Å². The summed E-state index contributed by atoms with van der Waals surface area (Å²) < 4.78 is 0. The summed E-state index contributed by atoms with van der Waals surface area (Å²) in [5.74, 6) is 0.954. The van der Waals surface area contributed by atoms with E-state index in [0.717, 1.165) is 35.8 Å². The molecule has 23 heavy (non-hydrogen) atoms. The number of amides is 1. The van der Waals surface area contributed by atoms with E-state index in [-0.39, 0.29) is 5.91 Å². The average Bonchev–Trinajstić information content (AvgIpc) is 2.80. The Morgan fingerprint density at radius 3 is 2.70 bits per heavy atom. The van der Waals surface area contributed by atoms with Crippen LogP contribution in [-0.4, -0.2) is 29.6 Å². The summed E-state index contributed by atoms with van der Waals surface area (Å²) in [6.07, 6.45) is 0.903. The van der Waals surface area contributed by atoms with Crippen LogP contribution in [0, 0.1) is 0 Å². The zero-order chi connectivity index (χ0) is 16.2. The molecule has 0 radical (unpaired) electrons. The lowest BCUT2D eigenvalue weighted by Gasteiger charge is -2.20. The summed E-state index contributed by atoms with van der Waals surface area (Å²) in [4.78, 5) is 14.6. The number of benzene rings is 2. The van der Waals surface area contributed by atoms with Gasteiger partial charge in [-0.2, -0.15) is 11.8 Å². The van der Waals surface area contributed by atoms with Gasteiger partial charge in [0.1, 0.15) is 0 Å². The van der Waals surface area contributed by atoms with Gasteiger partial charge in [0.25, 0.3) is 5.91 Å². The summed E-state index contributed by atoms with van der Waals surface area (Å²) in [6.45, 7) is 1.48. The molecule has 1 saturated heterocycles. The molecule has 2 aromatic rings. The first-order chi connectivity index (χ1) is 11.1. The summed E-state index contributed by atoms with van der Waals surface area (Å²) in [5.41, 5.74) is 1.81. The molecule has 0 saturated carbocycles. The maximum atomic E-state index is 12.6. The lowest BCUT2D eigenvalue weighted by Crippen LogP contribution is -2.32. The van der Waals surface area contributed by atoms with Gasteiger partial charge in [-0.05, 0) is 36.2 Å². The molecule has 1 amide bonds. The summed E-state index contributed by atoms with van der Waals surface area (Å²) in [7, 11) is 0. The third kappa shape index (κ3) is 4.03. The molecule has 0 N–H and O–H groups in total. The van der Waals surface area contributed by atoms with Crippen LogP contribution in [-0.2, 0) is 0 Å². The van der Waals surface area contributed by atoms with E-state index in [0.29, 0.717) is 15.8 Å². The van der Waals surface area contributed by atoms with Crippen molar-refractivity contribution in [2.75, 3.05) is 18.8 Å². The number of rotatable bonds is 2. The Kier molecular flexibility index (Phi) is 5.52. The highest BCUT2D eigenvalue weighted by Crippen LogP contribution is 2.38. The maximum Gasteiger partial charge on any atom is 0.253 e. The van der Waals surface area contributed by atoms with E-state index < -0.39 is 0 Å². The van der Waals surface area contributed by atoms with Crippen LogP contribution in [0.1, 0.15) is 27.6 Å². The Bertz CT molecular complexity index is 707. The van der Waals surface area contributed by atoms with Gasteiger partial charge in [-0.25, -0.2) is 0 Å². The standard InChI is InChI=1S/C18H17Cl2NOS/c19-14-5-3-4-13(12-14)18(22)21-9-8-17(23-11-10-21)15-6-1-2-7-16(15)20/h1-7,12,17H,8-11H2. The van der Waals surface area contributed by atoms with Crippen LogP contribution >= 0.6 is 35.0 Å². The minimum Gasteiger partial charge on any atom is -0.338 e. The van der Waals surface area contributed by atoms with Gasteiger partial charge in [0.05, 0.1) is 0 Å². The minimum absolute atomic E-state index is 0.0490. The van der Waals surface area contributed by atoms with Crippen LogP contribution in [0.5, 0.6) is 0 Å². The van der Waals surface area contributed by atoms with E-state index in [9.17, 15) is 4.79 Å². The van der Waals surface area contributed by atoms with E-state index in [1.54, 1.807) is 12.1 Å². The van der Waals surface area contributed by atoms with Gasteiger partial charge >= 0.3 is 0 Å². The summed E-state index contributed by atoms with van der Waals surface area (Å²) in [6, 6.07) is 15.1. The average molecular weight is 366 g/mol. The Morgan fingerprint density at radius 1 is 1.09 bits per heavy atom. The number of hydrogen-bond donors (Lipinski definition) is 0. The zero-order valence-electron chi connectivity index (χ0n) is 12.5. The molecule has 0 spiro atoms. The first-order valence-electron chi connectivity index (χ1n) is 7.56. The van der Waals surface area contributed by atoms with Crippen molar-refractivity contribution in [2.24, 2.45) is 0 Å². The fourth-order valence-electron chi connectivity index (χ4n) is 2.76. The first kappa shape index (κ1) is 16.7. The van der Waals surface area contributed by atoms with Gasteiger partial charge < -0.3 is 4.90 Å². The lowest BCUT2D eigenvalue weighted by atomic mass is 10.1. The van der Waals surface area contributed by atoms with Crippen molar-refractivity contribution in [1.29, 1.82) is 0 Å². The molecular formula is C18H17Cl2NOS. The highest BCUT2D eigenvalue weighted by molar-refractivity contribution is 7.99. The molecular weight excluding hydrogens is 349 g/mol. The highest BCUT2D eigenvalue weighted by atomic mass is 35.5. The monoisotopic (exact) mass is 365 g/mol. The Labute approximate surface area is 150 Å². The van der Waals surface area contributed by atoms with Crippen molar-refractivity contribution in [1.82, 2.24) is 4.90 Å². The van der Waals surface area contributed by atoms with Gasteiger partial charge in [0.2, 0.25) is 0 Å². The van der Waals surface area contributed by atoms with Crippen LogP contribution in [0.25, 0.3) is 0 Å². The first-order valence-corrected chi connectivity index (χ1v) is 9.36. The van der Waals surface area contributed by atoms with Crippen LogP contribution in [0.3, 0.4) is 0 Å². The van der Waals surface area contributed by atoms with Crippen molar-refractivity contribution >= 4 is 40.9 Å². The van der Waals surface area contributed by atoms with Crippen molar-refractivity contribution in [2.45, 2.75) is 11.7 Å². The number of thioether (sulfide) groups is 1. The summed E-state index contributed by atoms with van der Waals surface area (Å²) in [5, 5.41) is 1.73. The molecule has 2 aromatic carbocycles. The quantitative estimate of drug-likeness (QED) is 0.718. The number of nitrogens with zero attached hydrogens (tertiary/aromatic N) is 1. The molecule has 1 aliphatic heterocycles. The number of halogens is 2. The minimum atomic E-state index is 0.0490. The summed E-state index contributed by atoms with van der Waals surface area (Å²) >= 11 is 14.2. The number of carbonyl (C=O) groups excluding carboxylic acids is 1. The molecule has 1 fully saturated rings. The smallest absolute Gasteiger partial charge is 0.253 e.